The van der Waals surface area contributed by atoms with Crippen molar-refractivity contribution in [2.24, 2.45) is 0 Å². The lowest BCUT2D eigenvalue weighted by atomic mass is 9.88. The molecular formula is C27H29F2N5O. The minimum Gasteiger partial charge on any atom is -0.496 e. The predicted octanol–water partition coefficient (Wildman–Crippen LogP) is 5.35. The van der Waals surface area contributed by atoms with E-state index in [1.165, 1.54) is 5.56 Å². The number of hydrogen-bond acceptors (Lipinski definition) is 5. The van der Waals surface area contributed by atoms with Crippen LogP contribution in [0.4, 0.5) is 14.6 Å². The Labute approximate surface area is 202 Å². The van der Waals surface area contributed by atoms with Gasteiger partial charge in [0.2, 0.25) is 0 Å². The molecule has 1 aliphatic carbocycles. The zero-order valence-corrected chi connectivity index (χ0v) is 20.0. The normalized spacial score (nSPS) is 18.3. The number of methoxy groups -OCH3 is 1. The summed E-state index contributed by atoms with van der Waals surface area (Å²) >= 11 is 0. The summed E-state index contributed by atoms with van der Waals surface area (Å²) in [6.07, 6.45) is 4.15. The van der Waals surface area contributed by atoms with Crippen molar-refractivity contribution in [3.05, 3.63) is 64.8 Å². The number of fused-ring (bicyclic) bond motifs is 4. The number of ether oxygens (including phenoxy) is 1. The van der Waals surface area contributed by atoms with E-state index in [1.807, 2.05) is 16.6 Å². The van der Waals surface area contributed by atoms with Crippen LogP contribution in [0.15, 0.2) is 42.6 Å². The van der Waals surface area contributed by atoms with Gasteiger partial charge in [-0.15, -0.1) is 0 Å². The number of rotatable bonds is 5. The summed E-state index contributed by atoms with van der Waals surface area (Å²) in [5.74, 6) is -0.741. The minimum absolute atomic E-state index is 0.123. The van der Waals surface area contributed by atoms with Crippen LogP contribution in [0.25, 0.3) is 16.6 Å². The monoisotopic (exact) mass is 477 g/mol. The molecule has 0 bridgehead atoms. The number of alkyl halides is 2. The highest BCUT2D eigenvalue weighted by atomic mass is 19.3. The highest BCUT2D eigenvalue weighted by molar-refractivity contribution is 5.93. The zero-order chi connectivity index (χ0) is 24.2. The van der Waals surface area contributed by atoms with Crippen LogP contribution < -0.4 is 10.1 Å². The molecule has 2 aromatic carbocycles. The second kappa shape index (κ2) is 8.45. The summed E-state index contributed by atoms with van der Waals surface area (Å²) in [5.41, 5.74) is 4.63. The van der Waals surface area contributed by atoms with Gasteiger partial charge in [0.15, 0.2) is 5.65 Å². The molecule has 0 radical (unpaired) electrons. The topological polar surface area (TPSA) is 54.7 Å². The Morgan fingerprint density at radius 2 is 2.00 bits per heavy atom. The Morgan fingerprint density at radius 1 is 1.17 bits per heavy atom. The molecular weight excluding hydrogens is 448 g/mol. The number of likely N-dealkylation sites (tertiary alicyclic amines) is 1. The quantitative estimate of drug-likeness (QED) is 0.420. The van der Waals surface area contributed by atoms with Gasteiger partial charge in [-0.05, 0) is 68.1 Å². The Balaban J connectivity index is 1.42. The lowest BCUT2D eigenvalue weighted by molar-refractivity contribution is -0.00184. The third kappa shape index (κ3) is 3.80. The summed E-state index contributed by atoms with van der Waals surface area (Å²) < 4.78 is 36.2. The largest absolute Gasteiger partial charge is 0.496 e. The lowest BCUT2D eigenvalue weighted by Gasteiger charge is -2.30. The van der Waals surface area contributed by atoms with E-state index in [2.05, 4.69) is 34.5 Å². The molecule has 0 spiro atoms. The lowest BCUT2D eigenvalue weighted by Crippen LogP contribution is -2.29. The van der Waals surface area contributed by atoms with Crippen LogP contribution in [0.3, 0.4) is 0 Å². The molecule has 0 atom stereocenters. The van der Waals surface area contributed by atoms with Crippen molar-refractivity contribution in [3.63, 3.8) is 0 Å². The third-order valence-electron chi connectivity index (χ3n) is 7.64. The van der Waals surface area contributed by atoms with E-state index in [0.717, 1.165) is 65.2 Å². The molecule has 8 heteroatoms. The molecule has 3 heterocycles. The van der Waals surface area contributed by atoms with Gasteiger partial charge in [-0.2, -0.15) is 5.10 Å². The summed E-state index contributed by atoms with van der Waals surface area (Å²) in [7, 11) is 3.87. The van der Waals surface area contributed by atoms with Gasteiger partial charge >= 0.3 is 0 Å². The maximum Gasteiger partial charge on any atom is 0.273 e. The highest BCUT2D eigenvalue weighted by Crippen LogP contribution is 2.43. The van der Waals surface area contributed by atoms with Gasteiger partial charge in [-0.1, -0.05) is 18.2 Å². The van der Waals surface area contributed by atoms with Crippen LogP contribution in [0.1, 0.15) is 47.4 Å². The van der Waals surface area contributed by atoms with Crippen LogP contribution in [0.2, 0.25) is 0 Å². The van der Waals surface area contributed by atoms with Gasteiger partial charge in [0.25, 0.3) is 5.92 Å². The Kier molecular flexibility index (Phi) is 5.36. The molecule has 0 saturated carbocycles. The standard InChI is InChI=1S/C27H29F2N5O/c1-33-12-8-17(9-13-33)20-14-21-23(15-24(20)35-2)34-25(7-11-31-34)32-26(21)30-16-18-4-3-5-22-19(18)6-10-27(22,28)29/h3-5,7,11,14-15,17H,6,8-10,12-13,16H2,1-2H3,(H,30,32). The molecule has 0 unspecified atom stereocenters. The zero-order valence-electron chi connectivity index (χ0n) is 20.0. The van der Waals surface area contributed by atoms with Crippen molar-refractivity contribution in [1.82, 2.24) is 19.5 Å². The highest BCUT2D eigenvalue weighted by Gasteiger charge is 2.39. The van der Waals surface area contributed by atoms with Gasteiger partial charge in [0, 0.05) is 36.0 Å². The van der Waals surface area contributed by atoms with E-state index in [4.69, 9.17) is 9.72 Å². The fourth-order valence-corrected chi connectivity index (χ4v) is 5.68. The van der Waals surface area contributed by atoms with Gasteiger partial charge in [0.05, 0.1) is 18.8 Å². The Hall–Kier alpha value is -3.26. The fraction of sp³-hybridized carbons (Fsp3) is 0.407. The van der Waals surface area contributed by atoms with Crippen molar-refractivity contribution < 1.29 is 13.5 Å². The van der Waals surface area contributed by atoms with E-state index in [-0.39, 0.29) is 12.0 Å². The second-order valence-corrected chi connectivity index (χ2v) is 9.75. The molecule has 4 aromatic rings. The first-order valence-corrected chi connectivity index (χ1v) is 12.2. The molecule has 0 amide bonds. The van der Waals surface area contributed by atoms with E-state index < -0.39 is 5.92 Å². The first kappa shape index (κ1) is 22.2. The molecule has 1 saturated heterocycles. The maximum absolute atomic E-state index is 14.3. The van der Waals surface area contributed by atoms with Gasteiger partial charge in [0.1, 0.15) is 11.6 Å². The molecule has 1 N–H and O–H groups in total. The van der Waals surface area contributed by atoms with E-state index >= 15 is 0 Å². The number of piperidine rings is 1. The molecule has 182 valence electrons. The summed E-state index contributed by atoms with van der Waals surface area (Å²) in [5, 5.41) is 8.90. The fourth-order valence-electron chi connectivity index (χ4n) is 5.68. The molecule has 6 rings (SSSR count). The average molecular weight is 478 g/mol. The summed E-state index contributed by atoms with van der Waals surface area (Å²) in [6, 6.07) is 11.3. The summed E-state index contributed by atoms with van der Waals surface area (Å²) in [4.78, 5) is 7.20. The number of benzene rings is 2. The van der Waals surface area contributed by atoms with Crippen LogP contribution >= 0.6 is 0 Å². The summed E-state index contributed by atoms with van der Waals surface area (Å²) in [6.45, 7) is 2.54. The van der Waals surface area contributed by atoms with Crippen LogP contribution in [0, 0.1) is 0 Å². The van der Waals surface area contributed by atoms with Gasteiger partial charge < -0.3 is 15.0 Å². The number of aromatic nitrogens is 3. The molecule has 2 aromatic heterocycles. The average Bonchev–Trinajstić information content (AvgIpc) is 3.46. The van der Waals surface area contributed by atoms with Crippen LogP contribution in [-0.2, 0) is 18.9 Å². The van der Waals surface area contributed by atoms with Crippen molar-refractivity contribution in [2.75, 3.05) is 32.6 Å². The second-order valence-electron chi connectivity index (χ2n) is 9.75. The minimum atomic E-state index is -2.74. The number of anilines is 1. The van der Waals surface area contributed by atoms with Crippen molar-refractivity contribution >= 4 is 22.4 Å². The molecule has 1 aliphatic heterocycles. The number of hydrogen-bond donors (Lipinski definition) is 1. The molecule has 6 nitrogen and oxygen atoms in total. The molecule has 1 fully saturated rings. The van der Waals surface area contributed by atoms with E-state index in [0.29, 0.717) is 18.9 Å². The smallest absolute Gasteiger partial charge is 0.273 e. The van der Waals surface area contributed by atoms with E-state index in [1.54, 1.807) is 25.4 Å². The Morgan fingerprint density at radius 3 is 2.80 bits per heavy atom. The SMILES string of the molecule is COc1cc2c(cc1C1CCN(C)CC1)c(NCc1cccc3c1CCC3(F)F)nc1ccnn12. The van der Waals surface area contributed by atoms with Gasteiger partial charge in [-0.25, -0.2) is 18.3 Å². The number of nitrogens with one attached hydrogen (secondary N) is 1. The molecule has 35 heavy (non-hydrogen) atoms. The third-order valence-corrected chi connectivity index (χ3v) is 7.64. The van der Waals surface area contributed by atoms with Crippen molar-refractivity contribution in [2.45, 2.75) is 44.1 Å². The number of nitrogens with zero attached hydrogens (tertiary/aromatic N) is 4. The van der Waals surface area contributed by atoms with Crippen molar-refractivity contribution in [1.29, 1.82) is 0 Å². The van der Waals surface area contributed by atoms with Crippen molar-refractivity contribution in [3.8, 4) is 5.75 Å². The van der Waals surface area contributed by atoms with Crippen LogP contribution in [0.5, 0.6) is 5.75 Å². The first-order chi connectivity index (χ1) is 16.9. The van der Waals surface area contributed by atoms with Gasteiger partial charge in [-0.3, -0.25) is 0 Å². The first-order valence-electron chi connectivity index (χ1n) is 12.2. The maximum atomic E-state index is 14.3. The molecule has 2 aliphatic rings. The Bertz CT molecular complexity index is 1410. The van der Waals surface area contributed by atoms with Crippen LogP contribution in [-0.4, -0.2) is 46.7 Å². The van der Waals surface area contributed by atoms with E-state index in [9.17, 15) is 8.78 Å². The number of halogens is 2. The predicted molar refractivity (Wildman–Crippen MR) is 133 cm³/mol.